The predicted octanol–water partition coefficient (Wildman–Crippen LogP) is 4.77. The fourth-order valence-corrected chi connectivity index (χ4v) is 4.15. The van der Waals surface area contributed by atoms with Crippen LogP contribution in [0.25, 0.3) is 0 Å². The molecule has 1 aliphatic heterocycles. The Bertz CT molecular complexity index is 957. The van der Waals surface area contributed by atoms with Crippen LogP contribution >= 0.6 is 11.6 Å². The van der Waals surface area contributed by atoms with E-state index >= 15 is 0 Å². The largest absolute Gasteiger partial charge is 0.478 e. The zero-order chi connectivity index (χ0) is 18.4. The van der Waals surface area contributed by atoms with Gasteiger partial charge in [-0.2, -0.15) is 0 Å². The summed E-state index contributed by atoms with van der Waals surface area (Å²) in [5.41, 5.74) is 2.70. The van der Waals surface area contributed by atoms with E-state index in [9.17, 15) is 20.0 Å². The smallest absolute Gasteiger partial charge is 0.335 e. The van der Waals surface area contributed by atoms with Crippen LogP contribution in [0.4, 0.5) is 11.4 Å². The minimum atomic E-state index is -0.963. The Morgan fingerprint density at radius 3 is 2.77 bits per heavy atom. The highest BCUT2D eigenvalue weighted by Crippen LogP contribution is 2.51. The van der Waals surface area contributed by atoms with Gasteiger partial charge in [-0.15, -0.1) is 0 Å². The molecular weight excluding hydrogens is 356 g/mol. The summed E-state index contributed by atoms with van der Waals surface area (Å²) in [5.74, 6) is -0.799. The van der Waals surface area contributed by atoms with Crippen molar-refractivity contribution in [1.29, 1.82) is 0 Å². The normalized spacial score (nSPS) is 23.0. The van der Waals surface area contributed by atoms with Crippen LogP contribution in [0.5, 0.6) is 0 Å². The number of allylic oxidation sites excluding steroid dienone is 2. The number of nitro benzene ring substituents is 1. The van der Waals surface area contributed by atoms with Crippen molar-refractivity contribution >= 4 is 28.9 Å². The molecule has 0 saturated heterocycles. The number of hydrogen-bond donors (Lipinski definition) is 2. The molecule has 2 aliphatic rings. The van der Waals surface area contributed by atoms with Crippen molar-refractivity contribution in [1.82, 2.24) is 0 Å². The summed E-state index contributed by atoms with van der Waals surface area (Å²) < 4.78 is 0. The van der Waals surface area contributed by atoms with Gasteiger partial charge in [-0.1, -0.05) is 23.8 Å². The van der Waals surface area contributed by atoms with E-state index in [1.54, 1.807) is 24.3 Å². The second-order valence-corrected chi connectivity index (χ2v) is 6.95. The lowest BCUT2D eigenvalue weighted by Crippen LogP contribution is -2.29. The highest BCUT2D eigenvalue weighted by Gasteiger charge is 2.39. The molecule has 1 heterocycles. The monoisotopic (exact) mass is 370 g/mol. The maximum atomic E-state index is 11.3. The van der Waals surface area contributed by atoms with Crippen LogP contribution in [0, 0.1) is 16.0 Å². The summed E-state index contributed by atoms with van der Waals surface area (Å²) in [4.78, 5) is 22.0. The van der Waals surface area contributed by atoms with E-state index in [-0.39, 0.29) is 29.1 Å². The van der Waals surface area contributed by atoms with E-state index in [0.29, 0.717) is 10.6 Å². The third-order valence-electron chi connectivity index (χ3n) is 5.14. The highest BCUT2D eigenvalue weighted by molar-refractivity contribution is 6.31. The van der Waals surface area contributed by atoms with Crippen LogP contribution in [0.15, 0.2) is 48.6 Å². The van der Waals surface area contributed by atoms with Gasteiger partial charge in [0.2, 0.25) is 0 Å². The number of carbonyl (C=O) groups is 1. The first kappa shape index (κ1) is 16.6. The minimum Gasteiger partial charge on any atom is -0.478 e. The van der Waals surface area contributed by atoms with Gasteiger partial charge in [-0.3, -0.25) is 10.1 Å². The number of non-ortho nitro benzene ring substituents is 1. The van der Waals surface area contributed by atoms with Crippen molar-refractivity contribution in [2.24, 2.45) is 5.92 Å². The average Bonchev–Trinajstić information content (AvgIpc) is 3.11. The lowest BCUT2D eigenvalue weighted by atomic mass is 9.76. The number of benzene rings is 2. The first-order valence-electron chi connectivity index (χ1n) is 8.20. The number of anilines is 1. The number of hydrogen-bond acceptors (Lipinski definition) is 4. The standard InChI is InChI=1S/C19H15ClN2O4/c20-16-6-5-11(22(25)26)9-15(16)18-13-3-1-2-12(13)14-8-10(19(23)24)4-7-17(14)21-18/h1-2,4-9,12-13,18,21H,3H2,(H,23,24)/t12-,13+,18-/m1/s1. The molecule has 2 N–H and O–H groups in total. The fourth-order valence-electron chi connectivity index (χ4n) is 3.92. The molecule has 7 heteroatoms. The molecule has 3 atom stereocenters. The summed E-state index contributed by atoms with van der Waals surface area (Å²) in [5, 5.41) is 24.3. The second kappa shape index (κ2) is 6.14. The first-order chi connectivity index (χ1) is 12.5. The number of carboxylic acids is 1. The van der Waals surface area contributed by atoms with Gasteiger partial charge in [0.05, 0.1) is 16.5 Å². The number of nitrogens with one attached hydrogen (secondary N) is 1. The quantitative estimate of drug-likeness (QED) is 0.461. The molecule has 132 valence electrons. The van der Waals surface area contributed by atoms with Gasteiger partial charge in [0.15, 0.2) is 0 Å². The maximum Gasteiger partial charge on any atom is 0.335 e. The molecular formula is C19H15ClN2O4. The van der Waals surface area contributed by atoms with Crippen LogP contribution in [-0.4, -0.2) is 16.0 Å². The molecule has 1 aliphatic carbocycles. The minimum absolute atomic E-state index is 0.000674. The molecule has 0 saturated carbocycles. The molecule has 4 rings (SSSR count). The molecule has 2 aromatic rings. The first-order valence-corrected chi connectivity index (χ1v) is 8.58. The van der Waals surface area contributed by atoms with E-state index < -0.39 is 10.9 Å². The van der Waals surface area contributed by atoms with Crippen LogP contribution in [0.2, 0.25) is 5.02 Å². The number of aromatic carboxylic acids is 1. The average molecular weight is 371 g/mol. The van der Waals surface area contributed by atoms with Gasteiger partial charge in [-0.25, -0.2) is 4.79 Å². The molecule has 0 radical (unpaired) electrons. The van der Waals surface area contributed by atoms with Crippen molar-refractivity contribution in [3.8, 4) is 0 Å². The Labute approximate surface area is 154 Å². The van der Waals surface area contributed by atoms with Gasteiger partial charge in [0, 0.05) is 34.3 Å². The molecule has 0 fully saturated rings. The Hall–Kier alpha value is -2.86. The summed E-state index contributed by atoms with van der Waals surface area (Å²) in [6, 6.07) is 9.28. The zero-order valence-electron chi connectivity index (χ0n) is 13.6. The molecule has 0 bridgehead atoms. The summed E-state index contributed by atoms with van der Waals surface area (Å²) in [6.07, 6.45) is 4.93. The Balaban J connectivity index is 1.80. The lowest BCUT2D eigenvalue weighted by Gasteiger charge is -2.37. The third kappa shape index (κ3) is 2.63. The summed E-state index contributed by atoms with van der Waals surface area (Å²) in [7, 11) is 0. The highest BCUT2D eigenvalue weighted by atomic mass is 35.5. The molecule has 2 aromatic carbocycles. The van der Waals surface area contributed by atoms with Crippen LogP contribution in [0.1, 0.15) is 39.9 Å². The molecule has 0 spiro atoms. The van der Waals surface area contributed by atoms with Crippen molar-refractivity contribution in [3.05, 3.63) is 80.4 Å². The van der Waals surface area contributed by atoms with E-state index in [0.717, 1.165) is 17.7 Å². The number of nitro groups is 1. The Morgan fingerprint density at radius 1 is 1.23 bits per heavy atom. The van der Waals surface area contributed by atoms with Gasteiger partial charge >= 0.3 is 5.97 Å². The molecule has 26 heavy (non-hydrogen) atoms. The van der Waals surface area contributed by atoms with Gasteiger partial charge < -0.3 is 10.4 Å². The van der Waals surface area contributed by atoms with Crippen molar-refractivity contribution in [2.45, 2.75) is 18.4 Å². The molecule has 0 aromatic heterocycles. The van der Waals surface area contributed by atoms with Crippen LogP contribution < -0.4 is 5.32 Å². The van der Waals surface area contributed by atoms with Crippen LogP contribution in [-0.2, 0) is 0 Å². The van der Waals surface area contributed by atoms with E-state index in [1.165, 1.54) is 12.1 Å². The van der Waals surface area contributed by atoms with Gasteiger partial charge in [0.1, 0.15) is 0 Å². The summed E-state index contributed by atoms with van der Waals surface area (Å²) in [6.45, 7) is 0. The van der Waals surface area contributed by atoms with Crippen molar-refractivity contribution in [3.63, 3.8) is 0 Å². The number of fused-ring (bicyclic) bond motifs is 3. The topological polar surface area (TPSA) is 92.5 Å². The molecule has 0 amide bonds. The van der Waals surface area contributed by atoms with Crippen molar-refractivity contribution in [2.75, 3.05) is 5.32 Å². The predicted molar refractivity (Wildman–Crippen MR) is 97.9 cm³/mol. The number of nitrogens with zero attached hydrogens (tertiary/aromatic N) is 1. The Morgan fingerprint density at radius 2 is 2.04 bits per heavy atom. The van der Waals surface area contributed by atoms with E-state index in [4.69, 9.17) is 11.6 Å². The fraction of sp³-hybridized carbons (Fsp3) is 0.211. The SMILES string of the molecule is O=C(O)c1ccc2c(c1)[C@@H]1C=CC[C@@H]1[C@H](c1cc([N+](=O)[O-])ccc1Cl)N2. The number of rotatable bonds is 3. The molecule has 6 nitrogen and oxygen atoms in total. The van der Waals surface area contributed by atoms with E-state index in [2.05, 4.69) is 17.5 Å². The lowest BCUT2D eigenvalue weighted by molar-refractivity contribution is -0.384. The third-order valence-corrected chi connectivity index (χ3v) is 5.48. The maximum absolute atomic E-state index is 11.3. The Kier molecular flexibility index (Phi) is 3.92. The number of carboxylic acid groups (broad SMARTS) is 1. The second-order valence-electron chi connectivity index (χ2n) is 6.55. The molecule has 0 unspecified atom stereocenters. The van der Waals surface area contributed by atoms with Crippen LogP contribution in [0.3, 0.4) is 0 Å². The zero-order valence-corrected chi connectivity index (χ0v) is 14.3. The van der Waals surface area contributed by atoms with Gasteiger partial charge in [-0.05, 0) is 42.2 Å². The van der Waals surface area contributed by atoms with E-state index in [1.807, 2.05) is 0 Å². The van der Waals surface area contributed by atoms with Crippen molar-refractivity contribution < 1.29 is 14.8 Å². The number of halogens is 1. The van der Waals surface area contributed by atoms with Gasteiger partial charge in [0.25, 0.3) is 5.69 Å². The summed E-state index contributed by atoms with van der Waals surface area (Å²) >= 11 is 6.36.